The van der Waals surface area contributed by atoms with Crippen molar-refractivity contribution in [1.82, 2.24) is 15.5 Å². The Morgan fingerprint density at radius 2 is 1.04 bits per heavy atom. The monoisotopic (exact) mass is 787 g/mol. The molecule has 15 heteroatoms. The summed E-state index contributed by atoms with van der Waals surface area (Å²) in [4.78, 5) is 13.4. The van der Waals surface area contributed by atoms with E-state index in [1.807, 2.05) is 30.3 Å². The highest BCUT2D eigenvalue weighted by Gasteiger charge is 2.34. The van der Waals surface area contributed by atoms with E-state index < -0.39 is 68.1 Å². The average Bonchev–Trinajstić information content (AvgIpc) is 3.22. The summed E-state index contributed by atoms with van der Waals surface area (Å²) in [5, 5.41) is 105. The number of aliphatic hydroxyl groups excluding tert-OH is 10. The Balaban J connectivity index is 1.38. The summed E-state index contributed by atoms with van der Waals surface area (Å²) in [7, 11) is 0. The number of benzene rings is 3. The molecule has 8 atom stereocenters. The van der Waals surface area contributed by atoms with Gasteiger partial charge in [-0.25, -0.2) is 4.79 Å². The van der Waals surface area contributed by atoms with E-state index in [1.165, 1.54) is 10.5 Å². The number of alkyl carbamates (subject to hydrolysis) is 1. The van der Waals surface area contributed by atoms with Crippen molar-refractivity contribution in [3.63, 3.8) is 0 Å². The number of ether oxygens (including phenoxy) is 1. The predicted molar refractivity (Wildman–Crippen MR) is 209 cm³/mol. The van der Waals surface area contributed by atoms with Gasteiger partial charge < -0.3 is 66.4 Å². The molecule has 3 rings (SSSR count). The van der Waals surface area contributed by atoms with E-state index in [0.29, 0.717) is 19.6 Å². The lowest BCUT2D eigenvalue weighted by molar-refractivity contribution is -0.130. The molecular formula is C41H61N3O12. The van der Waals surface area contributed by atoms with Crippen LogP contribution in [0.5, 0.6) is 0 Å². The van der Waals surface area contributed by atoms with Crippen molar-refractivity contribution < 1.29 is 60.6 Å². The molecule has 0 aromatic heterocycles. The first-order valence-corrected chi connectivity index (χ1v) is 19.2. The van der Waals surface area contributed by atoms with Crippen LogP contribution in [0, 0.1) is 0 Å². The van der Waals surface area contributed by atoms with Gasteiger partial charge in [-0.05, 0) is 66.5 Å². The highest BCUT2D eigenvalue weighted by molar-refractivity contribution is 5.67. The topological polar surface area (TPSA) is 256 Å². The van der Waals surface area contributed by atoms with Crippen LogP contribution in [0.4, 0.5) is 4.79 Å². The van der Waals surface area contributed by atoms with Gasteiger partial charge in [0.1, 0.15) is 43.2 Å². The van der Waals surface area contributed by atoms with Crippen LogP contribution in [-0.2, 0) is 24.2 Å². The lowest BCUT2D eigenvalue weighted by atomic mass is 9.99. The third-order valence-electron chi connectivity index (χ3n) is 9.58. The standard InChI is InChI=1S/C41H61N3O12/c45-25-35(49)39(53)37(51)33(47)23-44(24-34(48)38(52)40(54)36(50)26-46)22-21-42-19-6-10-29-13-17-32(18-14-29)31-15-11-28(12-16-31)7-4-5-20-43-41(55)56-27-30-8-2-1-3-9-30/h1-3,8-9,11-18,33-40,42,45-54H,4-7,10,19-27H2,(H,43,55)/t33-,34-,35+,36+,37+,38+,39+,40+/m0/s1. The molecule has 0 aliphatic heterocycles. The molecule has 0 aliphatic carbocycles. The number of aryl methyl sites for hydroxylation is 2. The molecule has 3 aromatic rings. The van der Waals surface area contributed by atoms with Crippen molar-refractivity contribution >= 4 is 6.09 Å². The van der Waals surface area contributed by atoms with Gasteiger partial charge in [0, 0.05) is 32.7 Å². The molecule has 0 unspecified atom stereocenters. The van der Waals surface area contributed by atoms with E-state index in [0.717, 1.165) is 54.4 Å². The maximum atomic E-state index is 11.9. The number of nitrogens with zero attached hydrogens (tertiary/aromatic N) is 1. The molecule has 0 heterocycles. The Morgan fingerprint density at radius 1 is 0.554 bits per heavy atom. The zero-order chi connectivity index (χ0) is 40.9. The summed E-state index contributed by atoms with van der Waals surface area (Å²) in [5.41, 5.74) is 5.55. The van der Waals surface area contributed by atoms with Crippen LogP contribution in [0.3, 0.4) is 0 Å². The zero-order valence-corrected chi connectivity index (χ0v) is 31.8. The maximum absolute atomic E-state index is 11.9. The van der Waals surface area contributed by atoms with Gasteiger partial charge in [-0.2, -0.15) is 0 Å². The average molecular weight is 788 g/mol. The summed E-state index contributed by atoms with van der Waals surface area (Å²) < 4.78 is 5.24. The van der Waals surface area contributed by atoms with Crippen LogP contribution in [0.25, 0.3) is 11.1 Å². The fourth-order valence-electron chi connectivity index (χ4n) is 6.05. The van der Waals surface area contributed by atoms with Crippen LogP contribution in [-0.4, -0.2) is 163 Å². The fraction of sp³-hybridized carbons (Fsp3) is 0.537. The lowest BCUT2D eigenvalue weighted by Crippen LogP contribution is -2.54. The van der Waals surface area contributed by atoms with Gasteiger partial charge in [-0.1, -0.05) is 78.9 Å². The molecule has 1 amide bonds. The van der Waals surface area contributed by atoms with Crippen molar-refractivity contribution in [3.05, 3.63) is 95.6 Å². The molecule has 56 heavy (non-hydrogen) atoms. The fourth-order valence-corrected chi connectivity index (χ4v) is 6.05. The smallest absolute Gasteiger partial charge is 0.407 e. The minimum Gasteiger partial charge on any atom is -0.445 e. The number of amides is 1. The second-order valence-corrected chi connectivity index (χ2v) is 14.0. The third kappa shape index (κ3) is 16.5. The van der Waals surface area contributed by atoms with Crippen molar-refractivity contribution in [2.45, 2.75) is 87.5 Å². The first-order valence-electron chi connectivity index (χ1n) is 19.2. The summed E-state index contributed by atoms with van der Waals surface area (Å²) in [5.74, 6) is 0. The van der Waals surface area contributed by atoms with E-state index in [-0.39, 0.29) is 26.2 Å². The molecule has 0 saturated heterocycles. The van der Waals surface area contributed by atoms with Gasteiger partial charge >= 0.3 is 6.09 Å². The number of hydrogen-bond donors (Lipinski definition) is 12. The third-order valence-corrected chi connectivity index (χ3v) is 9.58. The van der Waals surface area contributed by atoms with Gasteiger partial charge in [0.05, 0.1) is 25.4 Å². The Hall–Kier alpha value is -3.55. The molecule has 3 aromatic carbocycles. The minimum atomic E-state index is -1.84. The van der Waals surface area contributed by atoms with Crippen molar-refractivity contribution in [2.24, 2.45) is 0 Å². The lowest BCUT2D eigenvalue weighted by Gasteiger charge is -2.33. The number of unbranched alkanes of at least 4 members (excludes halogenated alkanes) is 1. The molecular weight excluding hydrogens is 726 g/mol. The van der Waals surface area contributed by atoms with E-state index in [1.54, 1.807) is 0 Å². The molecule has 312 valence electrons. The normalized spacial score (nSPS) is 16.1. The number of hydrogen-bond acceptors (Lipinski definition) is 14. The van der Waals surface area contributed by atoms with Crippen LogP contribution in [0.15, 0.2) is 78.9 Å². The van der Waals surface area contributed by atoms with Crippen LogP contribution >= 0.6 is 0 Å². The highest BCUT2D eigenvalue weighted by atomic mass is 16.5. The molecule has 0 spiro atoms. The van der Waals surface area contributed by atoms with E-state index in [9.17, 15) is 45.6 Å². The Bertz CT molecular complexity index is 1460. The van der Waals surface area contributed by atoms with Crippen molar-refractivity contribution in [1.29, 1.82) is 0 Å². The maximum Gasteiger partial charge on any atom is 0.407 e. The van der Waals surface area contributed by atoms with Crippen LogP contribution < -0.4 is 10.6 Å². The minimum absolute atomic E-state index is 0.196. The molecule has 0 fully saturated rings. The molecule has 12 N–H and O–H groups in total. The summed E-state index contributed by atoms with van der Waals surface area (Å²) in [6.07, 6.45) is -10.1. The second-order valence-electron chi connectivity index (χ2n) is 14.0. The van der Waals surface area contributed by atoms with Gasteiger partial charge in [-0.15, -0.1) is 0 Å². The van der Waals surface area contributed by atoms with Gasteiger partial charge in [-0.3, -0.25) is 4.90 Å². The van der Waals surface area contributed by atoms with Crippen molar-refractivity contribution in [2.75, 3.05) is 52.5 Å². The molecule has 0 radical (unpaired) electrons. The summed E-state index contributed by atoms with van der Waals surface area (Å²) in [6.45, 7) is -0.320. The van der Waals surface area contributed by atoms with Crippen LogP contribution in [0.2, 0.25) is 0 Å². The Morgan fingerprint density at radius 3 is 1.54 bits per heavy atom. The van der Waals surface area contributed by atoms with E-state index >= 15 is 0 Å². The highest BCUT2D eigenvalue weighted by Crippen LogP contribution is 2.21. The number of carbonyl (C=O) groups excluding carboxylic acids is 1. The summed E-state index contributed by atoms with van der Waals surface area (Å²) >= 11 is 0. The van der Waals surface area contributed by atoms with Gasteiger partial charge in [0.15, 0.2) is 0 Å². The molecule has 15 nitrogen and oxygen atoms in total. The second kappa shape index (κ2) is 25.7. The van der Waals surface area contributed by atoms with Gasteiger partial charge in [0.2, 0.25) is 0 Å². The summed E-state index contributed by atoms with van der Waals surface area (Å²) in [6, 6.07) is 26.4. The molecule has 0 bridgehead atoms. The van der Waals surface area contributed by atoms with Gasteiger partial charge in [0.25, 0.3) is 0 Å². The Kier molecular flexibility index (Phi) is 21.5. The molecule has 0 aliphatic rings. The quantitative estimate of drug-likeness (QED) is 0.0427. The first-order chi connectivity index (χ1) is 26.9. The number of carbonyl (C=O) groups is 1. The van der Waals surface area contributed by atoms with Crippen molar-refractivity contribution in [3.8, 4) is 11.1 Å². The number of rotatable bonds is 27. The first kappa shape index (κ1) is 46.8. The number of aliphatic hydroxyl groups is 10. The number of nitrogens with one attached hydrogen (secondary N) is 2. The molecule has 0 saturated carbocycles. The zero-order valence-electron chi connectivity index (χ0n) is 31.8. The SMILES string of the molecule is O=C(NCCCCc1ccc(-c2ccc(CCCNCCN(C[C@H](O)[C@@H](O)[C@H](O)[C@H](O)CO)C[C@H](O)[C@@H](O)[C@H](O)[C@H](O)CO)cc2)cc1)OCc1ccccc1. The largest absolute Gasteiger partial charge is 0.445 e. The Labute approximate surface area is 328 Å². The van der Waals surface area contributed by atoms with E-state index in [4.69, 9.17) is 14.9 Å². The van der Waals surface area contributed by atoms with Crippen LogP contribution in [0.1, 0.15) is 36.0 Å². The van der Waals surface area contributed by atoms with E-state index in [2.05, 4.69) is 59.2 Å². The predicted octanol–water partition coefficient (Wildman–Crippen LogP) is -0.701.